The first-order chi connectivity index (χ1) is 17.7. The molecule has 192 valence electrons. The van der Waals surface area contributed by atoms with E-state index in [1.165, 1.54) is 16.7 Å². The van der Waals surface area contributed by atoms with Crippen molar-refractivity contribution in [3.63, 3.8) is 0 Å². The lowest BCUT2D eigenvalue weighted by atomic mass is 9.85. The number of aromatic nitrogens is 4. The lowest BCUT2D eigenvalue weighted by Crippen LogP contribution is -2.22. The van der Waals surface area contributed by atoms with E-state index in [0.717, 1.165) is 31.4 Å². The molecule has 1 aliphatic carbocycles. The molecular formula is C26H28FN7O3. The summed E-state index contributed by atoms with van der Waals surface area (Å²) in [6.07, 6.45) is 5.90. The van der Waals surface area contributed by atoms with Gasteiger partial charge in [0.25, 0.3) is 5.56 Å². The molecule has 2 amide bonds. The van der Waals surface area contributed by atoms with Crippen molar-refractivity contribution in [1.29, 1.82) is 0 Å². The van der Waals surface area contributed by atoms with Gasteiger partial charge in [-0.1, -0.05) is 24.9 Å². The van der Waals surface area contributed by atoms with E-state index in [-0.39, 0.29) is 22.5 Å². The third kappa shape index (κ3) is 4.52. The van der Waals surface area contributed by atoms with E-state index in [2.05, 4.69) is 38.0 Å². The van der Waals surface area contributed by atoms with Crippen LogP contribution in [0, 0.1) is 12.7 Å². The largest absolute Gasteiger partial charge is 0.357 e. The number of aryl methyl sites for hydroxylation is 2. The Labute approximate surface area is 212 Å². The normalized spacial score (nSPS) is 14.6. The van der Waals surface area contributed by atoms with Crippen LogP contribution in [0.5, 0.6) is 0 Å². The van der Waals surface area contributed by atoms with Crippen LogP contribution in [-0.4, -0.2) is 32.8 Å². The van der Waals surface area contributed by atoms with Crippen LogP contribution in [0.4, 0.5) is 26.7 Å². The zero-order valence-electron chi connectivity index (χ0n) is 21.1. The van der Waals surface area contributed by atoms with Gasteiger partial charge >= 0.3 is 6.03 Å². The number of carbonyl (C=O) groups excluding carboxylic acids is 1. The first-order valence-corrected chi connectivity index (χ1v) is 12.1. The van der Waals surface area contributed by atoms with Gasteiger partial charge in [0.1, 0.15) is 11.5 Å². The summed E-state index contributed by atoms with van der Waals surface area (Å²) in [4.78, 5) is 34.4. The Morgan fingerprint density at radius 2 is 1.89 bits per heavy atom. The number of pyridine rings is 1. The molecule has 0 atom stereocenters. The van der Waals surface area contributed by atoms with Crippen LogP contribution >= 0.6 is 0 Å². The topological polar surface area (TPSA) is 127 Å². The van der Waals surface area contributed by atoms with E-state index in [1.54, 1.807) is 39.3 Å². The predicted octanol–water partition coefficient (Wildman–Crippen LogP) is 4.95. The van der Waals surface area contributed by atoms with Crippen LogP contribution in [0.2, 0.25) is 0 Å². The Morgan fingerprint density at radius 1 is 1.14 bits per heavy atom. The SMILES string of the molecule is CNc1ncc2cc(-c3cc(NC(=O)Nc4cc(C5(C)CCCC5)no4)c(F)cc3C)c(=O)n(C)c2n1. The minimum absolute atomic E-state index is 0.0659. The monoisotopic (exact) mass is 505 g/mol. The van der Waals surface area contributed by atoms with Gasteiger partial charge in [0.15, 0.2) is 0 Å². The average molecular weight is 506 g/mol. The number of nitrogens with one attached hydrogen (secondary N) is 3. The van der Waals surface area contributed by atoms with E-state index >= 15 is 0 Å². The summed E-state index contributed by atoms with van der Waals surface area (Å²) < 4.78 is 21.6. The highest BCUT2D eigenvalue weighted by Gasteiger charge is 2.33. The van der Waals surface area contributed by atoms with Crippen molar-refractivity contribution in [1.82, 2.24) is 19.7 Å². The molecule has 0 unspecified atom stereocenters. The van der Waals surface area contributed by atoms with Crippen molar-refractivity contribution < 1.29 is 13.7 Å². The van der Waals surface area contributed by atoms with E-state index in [9.17, 15) is 14.0 Å². The van der Waals surface area contributed by atoms with Crippen molar-refractivity contribution in [2.45, 2.75) is 44.9 Å². The predicted molar refractivity (Wildman–Crippen MR) is 139 cm³/mol. The van der Waals surface area contributed by atoms with Crippen LogP contribution < -0.4 is 21.5 Å². The minimum atomic E-state index is -0.688. The van der Waals surface area contributed by atoms with Gasteiger partial charge in [0, 0.05) is 42.7 Å². The number of anilines is 3. The maximum Gasteiger partial charge on any atom is 0.326 e. The molecule has 1 fully saturated rings. The molecule has 0 saturated heterocycles. The van der Waals surface area contributed by atoms with Crippen LogP contribution in [0.15, 0.2) is 39.8 Å². The van der Waals surface area contributed by atoms with Gasteiger partial charge < -0.3 is 15.2 Å². The number of fused-ring (bicyclic) bond motifs is 1. The Morgan fingerprint density at radius 3 is 2.62 bits per heavy atom. The molecule has 3 heterocycles. The van der Waals surface area contributed by atoms with Crippen LogP contribution in [0.25, 0.3) is 22.2 Å². The smallest absolute Gasteiger partial charge is 0.326 e. The molecule has 3 aromatic heterocycles. The summed E-state index contributed by atoms with van der Waals surface area (Å²) in [5.74, 6) is -0.0626. The number of urea groups is 1. The molecule has 0 bridgehead atoms. The maximum atomic E-state index is 14.8. The van der Waals surface area contributed by atoms with Crippen molar-refractivity contribution in [2.75, 3.05) is 23.0 Å². The molecule has 0 aliphatic heterocycles. The molecule has 11 heteroatoms. The lowest BCUT2D eigenvalue weighted by Gasteiger charge is -2.19. The molecule has 0 radical (unpaired) electrons. The van der Waals surface area contributed by atoms with Crippen LogP contribution in [0.1, 0.15) is 43.9 Å². The molecular weight excluding hydrogens is 477 g/mol. The van der Waals surface area contributed by atoms with E-state index in [0.29, 0.717) is 33.7 Å². The Hall–Kier alpha value is -4.28. The van der Waals surface area contributed by atoms with E-state index in [4.69, 9.17) is 4.52 Å². The summed E-state index contributed by atoms with van der Waals surface area (Å²) in [7, 11) is 3.31. The van der Waals surface area contributed by atoms with Gasteiger partial charge in [-0.3, -0.25) is 14.7 Å². The van der Waals surface area contributed by atoms with Gasteiger partial charge in [-0.2, -0.15) is 4.98 Å². The van der Waals surface area contributed by atoms with Crippen LogP contribution in [-0.2, 0) is 12.5 Å². The van der Waals surface area contributed by atoms with Crippen molar-refractivity contribution in [3.8, 4) is 11.1 Å². The zero-order valence-corrected chi connectivity index (χ0v) is 21.1. The molecule has 0 spiro atoms. The highest BCUT2D eigenvalue weighted by atomic mass is 19.1. The fraction of sp³-hybridized carbons (Fsp3) is 0.346. The van der Waals surface area contributed by atoms with Gasteiger partial charge in [-0.15, -0.1) is 0 Å². The molecule has 3 N–H and O–H groups in total. The highest BCUT2D eigenvalue weighted by molar-refractivity contribution is 5.99. The van der Waals surface area contributed by atoms with Gasteiger partial charge in [0.2, 0.25) is 11.8 Å². The zero-order chi connectivity index (χ0) is 26.3. The quantitative estimate of drug-likeness (QED) is 0.350. The number of hydrogen-bond acceptors (Lipinski definition) is 7. The van der Waals surface area contributed by atoms with Gasteiger partial charge in [0.05, 0.1) is 11.4 Å². The number of carbonyl (C=O) groups is 1. The molecule has 1 aromatic carbocycles. The van der Waals surface area contributed by atoms with Crippen molar-refractivity contribution in [2.24, 2.45) is 7.05 Å². The van der Waals surface area contributed by atoms with Crippen molar-refractivity contribution in [3.05, 3.63) is 57.9 Å². The van der Waals surface area contributed by atoms with E-state index in [1.807, 2.05) is 0 Å². The fourth-order valence-corrected chi connectivity index (χ4v) is 4.91. The van der Waals surface area contributed by atoms with Crippen LogP contribution in [0.3, 0.4) is 0 Å². The number of halogens is 1. The minimum Gasteiger partial charge on any atom is -0.357 e. The van der Waals surface area contributed by atoms with Gasteiger partial charge in [-0.25, -0.2) is 14.2 Å². The molecule has 10 nitrogen and oxygen atoms in total. The number of benzene rings is 1. The molecule has 1 aliphatic rings. The summed E-state index contributed by atoms with van der Waals surface area (Å²) in [5, 5.41) is 12.7. The average Bonchev–Trinajstić information content (AvgIpc) is 3.53. The third-order valence-corrected chi connectivity index (χ3v) is 7.10. The molecule has 37 heavy (non-hydrogen) atoms. The van der Waals surface area contributed by atoms with E-state index < -0.39 is 11.8 Å². The summed E-state index contributed by atoms with van der Waals surface area (Å²) in [6, 6.07) is 5.42. The first-order valence-electron chi connectivity index (χ1n) is 12.1. The maximum absolute atomic E-state index is 14.8. The first kappa shape index (κ1) is 24.4. The van der Waals surface area contributed by atoms with Gasteiger partial charge in [-0.05, 0) is 49.1 Å². The number of nitrogens with zero attached hydrogens (tertiary/aromatic N) is 4. The second-order valence-corrected chi connectivity index (χ2v) is 9.72. The Balaban J connectivity index is 1.43. The summed E-state index contributed by atoms with van der Waals surface area (Å²) in [6.45, 7) is 3.83. The molecule has 1 saturated carbocycles. The summed E-state index contributed by atoms with van der Waals surface area (Å²) in [5.41, 5.74) is 2.15. The standard InChI is InChI=1S/C26H28FN7O3/c1-14-9-18(27)19(30-25(36)31-21-12-20(33-37-21)26(2)7-5-6-8-26)11-16(14)17-10-15-13-29-24(28-3)32-22(15)34(4)23(17)35/h9-13H,5-8H2,1-4H3,(H,28,29,32)(H2,30,31,36). The highest BCUT2D eigenvalue weighted by Crippen LogP contribution is 2.40. The summed E-state index contributed by atoms with van der Waals surface area (Å²) >= 11 is 0. The number of amides is 2. The Kier molecular flexibility index (Phi) is 6.14. The number of rotatable bonds is 5. The Bertz CT molecular complexity index is 1570. The molecule has 4 aromatic rings. The lowest BCUT2D eigenvalue weighted by molar-refractivity contribution is 0.261. The third-order valence-electron chi connectivity index (χ3n) is 7.10. The van der Waals surface area contributed by atoms with Crippen molar-refractivity contribution >= 4 is 34.6 Å². The second-order valence-electron chi connectivity index (χ2n) is 9.72. The second kappa shape index (κ2) is 9.30. The molecule has 5 rings (SSSR count). The fourth-order valence-electron chi connectivity index (χ4n) is 4.91. The number of hydrogen-bond donors (Lipinski definition) is 3.